The molecule has 41 heavy (non-hydrogen) atoms. The summed E-state index contributed by atoms with van der Waals surface area (Å²) in [7, 11) is 3.00. The van der Waals surface area contributed by atoms with Crippen molar-refractivity contribution in [3.63, 3.8) is 0 Å². The van der Waals surface area contributed by atoms with Crippen molar-refractivity contribution in [2.45, 2.75) is 32.1 Å². The Labute approximate surface area is 241 Å². The van der Waals surface area contributed by atoms with E-state index in [2.05, 4.69) is 9.97 Å². The van der Waals surface area contributed by atoms with Gasteiger partial charge in [0.1, 0.15) is 29.2 Å². The highest BCUT2D eigenvalue weighted by molar-refractivity contribution is 6.34. The number of ether oxygens (including phenoxy) is 1. The van der Waals surface area contributed by atoms with Crippen molar-refractivity contribution in [3.05, 3.63) is 47.2 Å². The summed E-state index contributed by atoms with van der Waals surface area (Å²) in [6.45, 7) is 1.54. The predicted molar refractivity (Wildman–Crippen MR) is 150 cm³/mol. The van der Waals surface area contributed by atoms with Crippen LogP contribution in [0.5, 0.6) is 5.75 Å². The molecule has 10 nitrogen and oxygen atoms in total. The first kappa shape index (κ1) is 30.2. The zero-order valence-electron chi connectivity index (χ0n) is 22.9. The van der Waals surface area contributed by atoms with Gasteiger partial charge in [0.25, 0.3) is 0 Å². The van der Waals surface area contributed by atoms with Crippen LogP contribution in [0.3, 0.4) is 0 Å². The largest absolute Gasteiger partial charge is 0.493 e. The topological polar surface area (TPSA) is 108 Å². The molecule has 1 aliphatic rings. The van der Waals surface area contributed by atoms with Gasteiger partial charge < -0.3 is 19.6 Å². The minimum atomic E-state index is -0.999. The number of halogens is 3. The van der Waals surface area contributed by atoms with Gasteiger partial charge in [-0.2, -0.15) is 0 Å². The second-order valence-electron chi connectivity index (χ2n) is 9.60. The summed E-state index contributed by atoms with van der Waals surface area (Å²) in [5.41, 5.74) is -0.286. The van der Waals surface area contributed by atoms with Crippen LogP contribution in [-0.4, -0.2) is 84.0 Å². The number of aromatic nitrogens is 2. The molecule has 220 valence electrons. The maximum Gasteiger partial charge on any atom is 0.407 e. The minimum Gasteiger partial charge on any atom is -0.493 e. The number of unbranched alkanes of at least 4 members (excludes halogenated alkanes) is 3. The Morgan fingerprint density at radius 3 is 2.51 bits per heavy atom. The molecule has 0 saturated carbocycles. The monoisotopic (exact) mass is 591 g/mol. The van der Waals surface area contributed by atoms with Gasteiger partial charge >= 0.3 is 6.09 Å². The highest BCUT2D eigenvalue weighted by Gasteiger charge is 2.27. The van der Waals surface area contributed by atoms with Crippen molar-refractivity contribution in [1.82, 2.24) is 19.9 Å². The average molecular weight is 592 g/mol. The van der Waals surface area contributed by atoms with Crippen molar-refractivity contribution < 1.29 is 33.1 Å². The second kappa shape index (κ2) is 13.7. The van der Waals surface area contributed by atoms with Crippen LogP contribution < -0.4 is 9.64 Å². The van der Waals surface area contributed by atoms with Gasteiger partial charge in [-0.05, 0) is 31.0 Å². The Balaban J connectivity index is 1.50. The van der Waals surface area contributed by atoms with Gasteiger partial charge in [0.05, 0.1) is 24.3 Å². The smallest absolute Gasteiger partial charge is 0.407 e. The first-order valence-electron chi connectivity index (χ1n) is 13.3. The standard InChI is InChI=1S/C28H32ClF2N5O5/c1-34(40-2)22(37)10-5-3-4-6-15-41-21-9-7-8-20(30)24(21)23-19(29)16-18-26(25(23)31)32-17-33-27(18)35-11-13-36(14-12-35)28(38)39/h7-9,16-17H,3-6,10-15H2,1-2H3,(H,38,39). The summed E-state index contributed by atoms with van der Waals surface area (Å²) in [6, 6.07) is 5.76. The first-order chi connectivity index (χ1) is 19.7. The van der Waals surface area contributed by atoms with E-state index in [1.807, 2.05) is 4.90 Å². The number of rotatable bonds is 11. The van der Waals surface area contributed by atoms with Crippen LogP contribution in [0.1, 0.15) is 32.1 Å². The molecule has 0 aliphatic carbocycles. The number of hydrogen-bond acceptors (Lipinski definition) is 7. The zero-order valence-corrected chi connectivity index (χ0v) is 23.7. The molecule has 1 fully saturated rings. The number of amides is 2. The fraction of sp³-hybridized carbons (Fsp3) is 0.429. The summed E-state index contributed by atoms with van der Waals surface area (Å²) < 4.78 is 37.1. The molecule has 2 heterocycles. The molecule has 0 spiro atoms. The van der Waals surface area contributed by atoms with E-state index in [1.54, 1.807) is 13.1 Å². The van der Waals surface area contributed by atoms with Gasteiger partial charge in [0.15, 0.2) is 5.82 Å². The van der Waals surface area contributed by atoms with E-state index < -0.39 is 17.7 Å². The predicted octanol–water partition coefficient (Wildman–Crippen LogP) is 5.38. The quantitative estimate of drug-likeness (QED) is 0.234. The average Bonchev–Trinajstić information content (AvgIpc) is 2.97. The molecular weight excluding hydrogens is 560 g/mol. The van der Waals surface area contributed by atoms with Gasteiger partial charge in [0.2, 0.25) is 5.91 Å². The van der Waals surface area contributed by atoms with E-state index in [9.17, 15) is 14.7 Å². The molecule has 1 saturated heterocycles. The van der Waals surface area contributed by atoms with Crippen LogP contribution in [0.15, 0.2) is 30.6 Å². The van der Waals surface area contributed by atoms with Crippen molar-refractivity contribution >= 4 is 40.3 Å². The molecule has 1 N–H and O–H groups in total. The highest BCUT2D eigenvalue weighted by Crippen LogP contribution is 2.42. The van der Waals surface area contributed by atoms with Gasteiger partial charge in [-0.1, -0.05) is 30.5 Å². The van der Waals surface area contributed by atoms with Crippen molar-refractivity contribution in [2.75, 3.05) is 51.8 Å². The summed E-state index contributed by atoms with van der Waals surface area (Å²) in [5, 5.41) is 10.7. The molecule has 4 rings (SSSR count). The van der Waals surface area contributed by atoms with E-state index in [1.165, 1.54) is 41.6 Å². The number of carboxylic acid groups (broad SMARTS) is 1. The lowest BCUT2D eigenvalue weighted by Crippen LogP contribution is -2.48. The SMILES string of the molecule is CON(C)C(=O)CCCCCCOc1cccc(F)c1-c1c(Cl)cc2c(N3CCN(C(=O)O)CC3)ncnc2c1F. The second-order valence-corrected chi connectivity index (χ2v) is 10.0. The van der Waals surface area contributed by atoms with Crippen LogP contribution in [0.4, 0.5) is 19.4 Å². The number of benzene rings is 2. The van der Waals surface area contributed by atoms with Crippen molar-refractivity contribution in [3.8, 4) is 16.9 Å². The fourth-order valence-electron chi connectivity index (χ4n) is 4.75. The highest BCUT2D eigenvalue weighted by atomic mass is 35.5. The van der Waals surface area contributed by atoms with E-state index in [0.29, 0.717) is 43.6 Å². The Morgan fingerprint density at radius 1 is 1.07 bits per heavy atom. The summed E-state index contributed by atoms with van der Waals surface area (Å²) in [6.07, 6.45) is 3.56. The molecular formula is C28H32ClF2N5O5. The molecule has 13 heteroatoms. The molecule has 0 radical (unpaired) electrons. The Morgan fingerprint density at radius 2 is 1.80 bits per heavy atom. The van der Waals surface area contributed by atoms with Crippen molar-refractivity contribution in [1.29, 1.82) is 0 Å². The number of carbonyl (C=O) groups is 2. The number of nitrogens with zero attached hydrogens (tertiary/aromatic N) is 5. The van der Waals surface area contributed by atoms with Crippen LogP contribution >= 0.6 is 11.6 Å². The van der Waals surface area contributed by atoms with Crippen molar-refractivity contribution in [2.24, 2.45) is 0 Å². The number of hydroxylamine groups is 2. The third-order valence-electron chi connectivity index (χ3n) is 7.04. The van der Waals surface area contributed by atoms with E-state index in [-0.39, 0.29) is 53.0 Å². The molecule has 3 aromatic rings. The van der Waals surface area contributed by atoms with E-state index in [4.69, 9.17) is 21.2 Å². The Kier molecular flexibility index (Phi) is 10.1. The lowest BCUT2D eigenvalue weighted by Gasteiger charge is -2.34. The molecule has 0 atom stereocenters. The van der Waals surface area contributed by atoms with Gasteiger partial charge in [-0.15, -0.1) is 0 Å². The third kappa shape index (κ3) is 6.94. The summed E-state index contributed by atoms with van der Waals surface area (Å²) in [4.78, 5) is 39.5. The van der Waals surface area contributed by atoms with Gasteiger partial charge in [0, 0.05) is 50.6 Å². The van der Waals surface area contributed by atoms with Crippen LogP contribution in [0.2, 0.25) is 5.02 Å². The molecule has 1 aliphatic heterocycles. The Bertz CT molecular complexity index is 1400. The lowest BCUT2D eigenvalue weighted by atomic mass is 10.0. The maximum atomic E-state index is 16.0. The first-order valence-corrected chi connectivity index (χ1v) is 13.7. The fourth-order valence-corrected chi connectivity index (χ4v) is 5.03. The van der Waals surface area contributed by atoms with Crippen LogP contribution in [-0.2, 0) is 9.63 Å². The summed E-state index contributed by atoms with van der Waals surface area (Å²) in [5.74, 6) is -1.02. The maximum absolute atomic E-state index is 16.0. The number of carbonyl (C=O) groups excluding carboxylic acids is 1. The number of anilines is 1. The van der Waals surface area contributed by atoms with E-state index in [0.717, 1.165) is 12.8 Å². The van der Waals surface area contributed by atoms with E-state index >= 15 is 8.78 Å². The van der Waals surface area contributed by atoms with Crippen LogP contribution in [0, 0.1) is 11.6 Å². The molecule has 2 aromatic carbocycles. The number of hydrogen-bond donors (Lipinski definition) is 1. The van der Waals surface area contributed by atoms with Crippen LogP contribution in [0.25, 0.3) is 22.0 Å². The number of piperazine rings is 1. The van der Waals surface area contributed by atoms with Gasteiger partial charge in [-0.3, -0.25) is 9.63 Å². The number of fused-ring (bicyclic) bond motifs is 1. The third-order valence-corrected chi connectivity index (χ3v) is 7.34. The molecule has 2 amide bonds. The minimum absolute atomic E-state index is 0.0297. The zero-order chi connectivity index (χ0) is 29.5. The Hall–Kier alpha value is -3.77. The normalized spacial score (nSPS) is 13.5. The molecule has 0 unspecified atom stereocenters. The van der Waals surface area contributed by atoms with Gasteiger partial charge in [-0.25, -0.2) is 28.6 Å². The molecule has 1 aromatic heterocycles. The summed E-state index contributed by atoms with van der Waals surface area (Å²) >= 11 is 6.58. The molecule has 0 bridgehead atoms. The lowest BCUT2D eigenvalue weighted by molar-refractivity contribution is -0.168.